The van der Waals surface area contributed by atoms with Crippen LogP contribution in [0.15, 0.2) is 91.0 Å². The van der Waals surface area contributed by atoms with Crippen molar-refractivity contribution in [2.45, 2.75) is 62.6 Å². The molecule has 3 aromatic rings. The second-order valence-electron chi connectivity index (χ2n) is 10.6. The van der Waals surface area contributed by atoms with Crippen molar-refractivity contribution in [1.82, 2.24) is 4.90 Å². The molecule has 0 radical (unpaired) electrons. The van der Waals surface area contributed by atoms with Gasteiger partial charge in [-0.2, -0.15) is 0 Å². The smallest absolute Gasteiger partial charge is 0.117 e. The first-order chi connectivity index (χ1) is 18.1. The summed E-state index contributed by atoms with van der Waals surface area (Å²) in [6.45, 7) is 3.08. The van der Waals surface area contributed by atoms with E-state index in [1.807, 2.05) is 78.9 Å². The molecule has 37 heavy (non-hydrogen) atoms. The summed E-state index contributed by atoms with van der Waals surface area (Å²) >= 11 is 0. The molecule has 3 N–H and O–H groups in total. The van der Waals surface area contributed by atoms with Gasteiger partial charge in [0, 0.05) is 12.5 Å². The second kappa shape index (κ2) is 13.9. The number of piperidine rings is 1. The Bertz CT molecular complexity index is 980. The zero-order valence-electron chi connectivity index (χ0n) is 22.0. The van der Waals surface area contributed by atoms with E-state index in [4.69, 9.17) is 0 Å². The van der Waals surface area contributed by atoms with E-state index in [0.717, 1.165) is 75.7 Å². The van der Waals surface area contributed by atoms with Gasteiger partial charge in [-0.15, -0.1) is 0 Å². The van der Waals surface area contributed by atoms with Crippen LogP contribution in [0.2, 0.25) is 0 Å². The molecular formula is C33H43NO3. The largest absolute Gasteiger partial charge is 0.396 e. The molecule has 3 aromatic carbocycles. The average molecular weight is 502 g/mol. The van der Waals surface area contributed by atoms with Crippen molar-refractivity contribution in [2.75, 3.05) is 26.2 Å². The Morgan fingerprint density at radius 1 is 0.730 bits per heavy atom. The summed E-state index contributed by atoms with van der Waals surface area (Å²) in [5, 5.41) is 32.3. The van der Waals surface area contributed by atoms with Gasteiger partial charge in [-0.3, -0.25) is 0 Å². The normalized spacial score (nSPS) is 16.9. The van der Waals surface area contributed by atoms with Gasteiger partial charge in [-0.05, 0) is 80.8 Å². The topological polar surface area (TPSA) is 63.9 Å². The summed E-state index contributed by atoms with van der Waals surface area (Å²) in [5.41, 5.74) is 2.14. The van der Waals surface area contributed by atoms with Gasteiger partial charge >= 0.3 is 0 Å². The molecule has 1 aliphatic rings. The number of aliphatic hydroxyl groups excluding tert-OH is 2. The van der Waals surface area contributed by atoms with Crippen LogP contribution in [0.4, 0.5) is 0 Å². The summed E-state index contributed by atoms with van der Waals surface area (Å²) < 4.78 is 0. The van der Waals surface area contributed by atoms with E-state index in [-0.39, 0.29) is 24.5 Å². The molecule has 0 aromatic heterocycles. The van der Waals surface area contributed by atoms with Crippen LogP contribution in [-0.2, 0) is 5.60 Å². The number of likely N-dealkylation sites (tertiary alicyclic amines) is 1. The molecule has 1 aliphatic heterocycles. The van der Waals surface area contributed by atoms with E-state index < -0.39 is 5.60 Å². The van der Waals surface area contributed by atoms with Crippen LogP contribution in [0.3, 0.4) is 0 Å². The minimum absolute atomic E-state index is 0.153. The summed E-state index contributed by atoms with van der Waals surface area (Å²) in [4.78, 5) is 2.48. The lowest BCUT2D eigenvalue weighted by atomic mass is 9.72. The van der Waals surface area contributed by atoms with Crippen molar-refractivity contribution in [3.05, 3.63) is 108 Å². The SMILES string of the molecule is OCC(CCCC(O)CCCN1CCC(C(O)(c2ccccc2)c2ccccc2)CC1)c1ccccc1. The molecule has 1 heterocycles. The number of nitrogens with zero attached hydrogens (tertiary/aromatic N) is 1. The highest BCUT2D eigenvalue weighted by Gasteiger charge is 2.41. The van der Waals surface area contributed by atoms with E-state index in [1.165, 1.54) is 5.56 Å². The number of benzene rings is 3. The van der Waals surface area contributed by atoms with Crippen molar-refractivity contribution < 1.29 is 15.3 Å². The third-order valence-corrected chi connectivity index (χ3v) is 8.20. The maximum atomic E-state index is 12.1. The number of rotatable bonds is 13. The molecule has 1 saturated heterocycles. The molecule has 0 aliphatic carbocycles. The fraction of sp³-hybridized carbons (Fsp3) is 0.455. The zero-order valence-corrected chi connectivity index (χ0v) is 22.0. The van der Waals surface area contributed by atoms with Crippen LogP contribution in [0.1, 0.15) is 67.6 Å². The van der Waals surface area contributed by atoms with Crippen LogP contribution in [0.25, 0.3) is 0 Å². The standard InChI is InChI=1S/C33H43NO3/c35-26-28(27-12-4-1-5-13-27)14-10-19-32(36)20-11-23-34-24-21-31(22-25-34)33(37,29-15-6-2-7-16-29)30-17-8-3-9-18-30/h1-9,12-13,15-18,28,31-32,35-37H,10-11,14,19-26H2. The molecule has 0 spiro atoms. The number of aliphatic hydroxyl groups is 3. The van der Waals surface area contributed by atoms with E-state index >= 15 is 0 Å². The van der Waals surface area contributed by atoms with Gasteiger partial charge in [0.1, 0.15) is 5.60 Å². The molecule has 2 atom stereocenters. The van der Waals surface area contributed by atoms with E-state index in [9.17, 15) is 15.3 Å². The van der Waals surface area contributed by atoms with Crippen molar-refractivity contribution >= 4 is 0 Å². The Morgan fingerprint density at radius 2 is 1.24 bits per heavy atom. The molecule has 4 nitrogen and oxygen atoms in total. The fourth-order valence-electron chi connectivity index (χ4n) is 5.98. The predicted octanol–water partition coefficient (Wildman–Crippen LogP) is 5.72. The zero-order chi connectivity index (χ0) is 25.9. The third-order valence-electron chi connectivity index (χ3n) is 8.20. The maximum Gasteiger partial charge on any atom is 0.117 e. The minimum Gasteiger partial charge on any atom is -0.396 e. The summed E-state index contributed by atoms with van der Waals surface area (Å²) in [5.74, 6) is 0.323. The van der Waals surface area contributed by atoms with Gasteiger partial charge in [0.05, 0.1) is 6.10 Å². The molecular weight excluding hydrogens is 458 g/mol. The maximum absolute atomic E-state index is 12.1. The summed E-state index contributed by atoms with van der Waals surface area (Å²) in [7, 11) is 0. The second-order valence-corrected chi connectivity index (χ2v) is 10.6. The lowest BCUT2D eigenvalue weighted by Gasteiger charge is -2.42. The van der Waals surface area contributed by atoms with Crippen molar-refractivity contribution in [1.29, 1.82) is 0 Å². The highest BCUT2D eigenvalue weighted by Crippen LogP contribution is 2.41. The quantitative estimate of drug-likeness (QED) is 0.280. The van der Waals surface area contributed by atoms with Crippen LogP contribution >= 0.6 is 0 Å². The molecule has 198 valence electrons. The molecule has 0 bridgehead atoms. The predicted molar refractivity (Wildman–Crippen MR) is 150 cm³/mol. The Balaban J connectivity index is 1.21. The van der Waals surface area contributed by atoms with Gasteiger partial charge in [0.15, 0.2) is 0 Å². The van der Waals surface area contributed by atoms with Crippen LogP contribution in [-0.4, -0.2) is 52.6 Å². The summed E-state index contributed by atoms with van der Waals surface area (Å²) in [6, 6.07) is 30.4. The first-order valence-electron chi connectivity index (χ1n) is 14.0. The van der Waals surface area contributed by atoms with Crippen molar-refractivity contribution in [2.24, 2.45) is 5.92 Å². The molecule has 4 heteroatoms. The Labute approximate surface area is 222 Å². The van der Waals surface area contributed by atoms with E-state index in [1.54, 1.807) is 0 Å². The molecule has 4 rings (SSSR count). The summed E-state index contributed by atoms with van der Waals surface area (Å²) in [6.07, 6.45) is 6.01. The monoisotopic (exact) mass is 501 g/mol. The lowest BCUT2D eigenvalue weighted by Crippen LogP contribution is -2.44. The van der Waals surface area contributed by atoms with Crippen molar-refractivity contribution in [3.63, 3.8) is 0 Å². The average Bonchev–Trinajstić information content (AvgIpc) is 2.96. The van der Waals surface area contributed by atoms with E-state index in [2.05, 4.69) is 17.0 Å². The number of hydrogen-bond acceptors (Lipinski definition) is 4. The van der Waals surface area contributed by atoms with Gasteiger partial charge < -0.3 is 20.2 Å². The number of hydrogen-bond donors (Lipinski definition) is 3. The van der Waals surface area contributed by atoms with E-state index in [0.29, 0.717) is 0 Å². The molecule has 0 amide bonds. The Hall–Kier alpha value is -2.50. The van der Waals surface area contributed by atoms with Crippen molar-refractivity contribution in [3.8, 4) is 0 Å². The fourth-order valence-corrected chi connectivity index (χ4v) is 5.98. The lowest BCUT2D eigenvalue weighted by molar-refractivity contribution is -0.0146. The Morgan fingerprint density at radius 3 is 1.78 bits per heavy atom. The first kappa shape index (κ1) is 27.5. The molecule has 1 fully saturated rings. The highest BCUT2D eigenvalue weighted by molar-refractivity contribution is 5.37. The van der Waals surface area contributed by atoms with Crippen LogP contribution in [0.5, 0.6) is 0 Å². The van der Waals surface area contributed by atoms with Gasteiger partial charge in [-0.1, -0.05) is 97.4 Å². The van der Waals surface area contributed by atoms with Gasteiger partial charge in [0.2, 0.25) is 0 Å². The van der Waals surface area contributed by atoms with Crippen LogP contribution < -0.4 is 0 Å². The van der Waals surface area contributed by atoms with Gasteiger partial charge in [-0.25, -0.2) is 0 Å². The Kier molecular flexibility index (Phi) is 10.3. The highest BCUT2D eigenvalue weighted by atomic mass is 16.3. The van der Waals surface area contributed by atoms with Crippen LogP contribution in [0, 0.1) is 5.92 Å². The first-order valence-corrected chi connectivity index (χ1v) is 14.0. The third kappa shape index (κ3) is 7.30. The molecule has 2 unspecified atom stereocenters. The minimum atomic E-state index is -0.975. The molecule has 0 saturated carbocycles. The van der Waals surface area contributed by atoms with Gasteiger partial charge in [0.25, 0.3) is 0 Å².